The van der Waals surface area contributed by atoms with E-state index in [-0.39, 0.29) is 12.6 Å². The van der Waals surface area contributed by atoms with E-state index < -0.39 is 0 Å². The van der Waals surface area contributed by atoms with E-state index in [1.54, 1.807) is 0 Å². The molecule has 0 aliphatic carbocycles. The zero-order chi connectivity index (χ0) is 12.5. The second kappa shape index (κ2) is 4.99. The van der Waals surface area contributed by atoms with Gasteiger partial charge in [-0.15, -0.1) is 0 Å². The lowest BCUT2D eigenvalue weighted by Crippen LogP contribution is -2.31. The Morgan fingerprint density at radius 3 is 3.22 bits per heavy atom. The van der Waals surface area contributed by atoms with Crippen LogP contribution in [0.1, 0.15) is 18.5 Å². The van der Waals surface area contributed by atoms with E-state index in [0.717, 1.165) is 47.1 Å². The molecule has 2 aromatic rings. The van der Waals surface area contributed by atoms with Crippen LogP contribution in [0.3, 0.4) is 0 Å². The number of hydrogen-bond donors (Lipinski definition) is 1. The highest BCUT2D eigenvalue weighted by atomic mass is 79.9. The number of hydrogen-bond acceptors (Lipinski definition) is 4. The van der Waals surface area contributed by atoms with E-state index in [4.69, 9.17) is 4.52 Å². The number of benzene rings is 1. The number of rotatable bonds is 3. The van der Waals surface area contributed by atoms with Gasteiger partial charge < -0.3 is 9.63 Å². The Kier molecular flexibility index (Phi) is 3.37. The third kappa shape index (κ3) is 2.18. The smallest absolute Gasteiger partial charge is 0.168 e. The second-order valence-corrected chi connectivity index (χ2v) is 5.63. The fourth-order valence-corrected chi connectivity index (χ4v) is 2.92. The molecule has 18 heavy (non-hydrogen) atoms. The average molecular weight is 311 g/mol. The van der Waals surface area contributed by atoms with Gasteiger partial charge in [-0.25, -0.2) is 0 Å². The summed E-state index contributed by atoms with van der Waals surface area (Å²) >= 11 is 3.42. The highest BCUT2D eigenvalue weighted by Gasteiger charge is 2.25. The van der Waals surface area contributed by atoms with Crippen molar-refractivity contribution in [3.05, 3.63) is 28.4 Å². The molecule has 1 aliphatic rings. The summed E-state index contributed by atoms with van der Waals surface area (Å²) in [6.07, 6.45) is 2.21. The van der Waals surface area contributed by atoms with Crippen molar-refractivity contribution in [2.75, 3.05) is 13.2 Å². The standard InChI is InChI=1S/C13H15BrN2O2/c14-9-3-4-11-12(15-18-13(11)6-9)7-16-5-1-2-10(16)8-17/h3-4,6,10,17H,1-2,5,7-8H2/t10-/m1/s1. The van der Waals surface area contributed by atoms with Crippen LogP contribution in [0.25, 0.3) is 11.0 Å². The van der Waals surface area contributed by atoms with Gasteiger partial charge >= 0.3 is 0 Å². The predicted octanol–water partition coefficient (Wildman–Crippen LogP) is 2.55. The topological polar surface area (TPSA) is 49.5 Å². The van der Waals surface area contributed by atoms with Gasteiger partial charge in [0.1, 0.15) is 5.69 Å². The van der Waals surface area contributed by atoms with Crippen molar-refractivity contribution in [1.82, 2.24) is 10.1 Å². The molecule has 0 amide bonds. The van der Waals surface area contributed by atoms with E-state index in [2.05, 4.69) is 26.0 Å². The first-order chi connectivity index (χ1) is 8.78. The molecular formula is C13H15BrN2O2. The molecule has 1 saturated heterocycles. The molecule has 3 rings (SSSR count). The molecule has 0 spiro atoms. The van der Waals surface area contributed by atoms with E-state index in [1.165, 1.54) is 0 Å². The molecule has 1 atom stereocenters. The summed E-state index contributed by atoms with van der Waals surface area (Å²) in [5, 5.41) is 14.5. The first kappa shape index (κ1) is 12.1. The minimum absolute atomic E-state index is 0.224. The lowest BCUT2D eigenvalue weighted by atomic mass is 10.2. The third-order valence-corrected chi connectivity index (χ3v) is 4.06. The van der Waals surface area contributed by atoms with Crippen LogP contribution in [0, 0.1) is 0 Å². The maximum absolute atomic E-state index is 9.32. The van der Waals surface area contributed by atoms with Gasteiger partial charge in [-0.3, -0.25) is 4.90 Å². The summed E-state index contributed by atoms with van der Waals surface area (Å²) in [4.78, 5) is 2.28. The van der Waals surface area contributed by atoms with Gasteiger partial charge in [0.25, 0.3) is 0 Å². The normalized spacial score (nSPS) is 20.9. The lowest BCUT2D eigenvalue weighted by Gasteiger charge is -2.21. The SMILES string of the molecule is OC[C@H]1CCCN1Cc1noc2cc(Br)ccc12. The summed E-state index contributed by atoms with van der Waals surface area (Å²) < 4.78 is 6.33. The first-order valence-electron chi connectivity index (χ1n) is 6.16. The molecule has 1 N–H and O–H groups in total. The van der Waals surface area contributed by atoms with Crippen molar-refractivity contribution in [2.24, 2.45) is 0 Å². The van der Waals surface area contributed by atoms with Gasteiger partial charge in [0.05, 0.1) is 6.61 Å². The Balaban J connectivity index is 1.86. The van der Waals surface area contributed by atoms with E-state index in [0.29, 0.717) is 0 Å². The monoisotopic (exact) mass is 310 g/mol. The highest BCUT2D eigenvalue weighted by molar-refractivity contribution is 9.10. The molecule has 1 fully saturated rings. The van der Waals surface area contributed by atoms with Crippen molar-refractivity contribution in [3.8, 4) is 0 Å². The Morgan fingerprint density at radius 1 is 1.50 bits per heavy atom. The summed E-state index contributed by atoms with van der Waals surface area (Å²) in [5.74, 6) is 0. The molecule has 1 aliphatic heterocycles. The Hall–Kier alpha value is -0.910. The largest absolute Gasteiger partial charge is 0.395 e. The van der Waals surface area contributed by atoms with Crippen LogP contribution >= 0.6 is 15.9 Å². The summed E-state index contributed by atoms with van der Waals surface area (Å²) in [5.41, 5.74) is 1.76. The molecule has 1 aromatic heterocycles. The fourth-order valence-electron chi connectivity index (χ4n) is 2.58. The molecular weight excluding hydrogens is 296 g/mol. The van der Waals surface area contributed by atoms with Gasteiger partial charge in [-0.05, 0) is 37.6 Å². The van der Waals surface area contributed by atoms with Gasteiger partial charge in [0.2, 0.25) is 0 Å². The van der Waals surface area contributed by atoms with Crippen LogP contribution in [0.15, 0.2) is 27.2 Å². The molecule has 96 valence electrons. The molecule has 0 radical (unpaired) electrons. The maximum atomic E-state index is 9.32. The predicted molar refractivity (Wildman–Crippen MR) is 72.2 cm³/mol. The zero-order valence-electron chi connectivity index (χ0n) is 9.97. The van der Waals surface area contributed by atoms with Gasteiger partial charge in [0.15, 0.2) is 5.58 Å². The van der Waals surface area contributed by atoms with E-state index in [1.807, 2.05) is 18.2 Å². The van der Waals surface area contributed by atoms with Crippen LogP contribution in [-0.4, -0.2) is 34.4 Å². The number of aliphatic hydroxyl groups is 1. The second-order valence-electron chi connectivity index (χ2n) is 4.72. The summed E-state index contributed by atoms with van der Waals surface area (Å²) in [7, 11) is 0. The van der Waals surface area contributed by atoms with Gasteiger partial charge in [0, 0.05) is 22.4 Å². The van der Waals surface area contributed by atoms with Crippen molar-refractivity contribution < 1.29 is 9.63 Å². The Labute approximate surface area is 114 Å². The number of likely N-dealkylation sites (tertiary alicyclic amines) is 1. The van der Waals surface area contributed by atoms with E-state index >= 15 is 0 Å². The zero-order valence-corrected chi connectivity index (χ0v) is 11.6. The molecule has 1 aromatic carbocycles. The maximum Gasteiger partial charge on any atom is 0.168 e. The average Bonchev–Trinajstić information content (AvgIpc) is 2.96. The van der Waals surface area contributed by atoms with Crippen LogP contribution in [-0.2, 0) is 6.54 Å². The minimum atomic E-state index is 0.224. The van der Waals surface area contributed by atoms with Crippen LogP contribution in [0.4, 0.5) is 0 Å². The van der Waals surface area contributed by atoms with Crippen LogP contribution < -0.4 is 0 Å². The molecule has 0 saturated carbocycles. The Morgan fingerprint density at radius 2 is 2.39 bits per heavy atom. The molecule has 0 bridgehead atoms. The lowest BCUT2D eigenvalue weighted by molar-refractivity contribution is 0.151. The first-order valence-corrected chi connectivity index (χ1v) is 6.96. The molecule has 2 heterocycles. The van der Waals surface area contributed by atoms with Crippen molar-refractivity contribution in [2.45, 2.75) is 25.4 Å². The number of fused-ring (bicyclic) bond motifs is 1. The molecule has 4 nitrogen and oxygen atoms in total. The van der Waals surface area contributed by atoms with Crippen molar-refractivity contribution in [3.63, 3.8) is 0 Å². The quantitative estimate of drug-likeness (QED) is 0.946. The number of aromatic nitrogens is 1. The molecule has 5 heteroatoms. The fraction of sp³-hybridized carbons (Fsp3) is 0.462. The van der Waals surface area contributed by atoms with Crippen LogP contribution in [0.2, 0.25) is 0 Å². The number of aliphatic hydroxyl groups excluding tert-OH is 1. The number of nitrogens with zero attached hydrogens (tertiary/aromatic N) is 2. The minimum Gasteiger partial charge on any atom is -0.395 e. The van der Waals surface area contributed by atoms with Crippen molar-refractivity contribution >= 4 is 26.9 Å². The summed E-state index contributed by atoms with van der Waals surface area (Å²) in [6, 6.07) is 6.22. The third-order valence-electron chi connectivity index (χ3n) is 3.57. The van der Waals surface area contributed by atoms with Gasteiger partial charge in [-0.1, -0.05) is 21.1 Å². The van der Waals surface area contributed by atoms with Gasteiger partial charge in [-0.2, -0.15) is 0 Å². The highest BCUT2D eigenvalue weighted by Crippen LogP contribution is 2.26. The number of halogens is 1. The van der Waals surface area contributed by atoms with E-state index in [9.17, 15) is 5.11 Å². The summed E-state index contributed by atoms with van der Waals surface area (Å²) in [6.45, 7) is 2.00. The Bertz CT molecular complexity index is 555. The van der Waals surface area contributed by atoms with Crippen LogP contribution in [0.5, 0.6) is 0 Å². The van der Waals surface area contributed by atoms with Crippen molar-refractivity contribution in [1.29, 1.82) is 0 Å². The molecule has 0 unspecified atom stereocenters.